The van der Waals surface area contributed by atoms with Gasteiger partial charge in [0.15, 0.2) is 5.17 Å². The minimum Gasteiger partial charge on any atom is -0.494 e. The lowest BCUT2D eigenvalue weighted by molar-refractivity contribution is -0.139. The fraction of sp³-hybridized carbons (Fsp3) is 0.292. The van der Waals surface area contributed by atoms with Crippen molar-refractivity contribution in [2.24, 2.45) is 4.99 Å². The lowest BCUT2D eigenvalue weighted by Crippen LogP contribution is -2.31. The number of amidine groups is 1. The summed E-state index contributed by atoms with van der Waals surface area (Å²) < 4.78 is 11.1. The molecule has 0 saturated carbocycles. The number of benzene rings is 2. The first-order chi connectivity index (χ1) is 15.9. The summed E-state index contributed by atoms with van der Waals surface area (Å²) in [7, 11) is 0. The first-order valence-corrected chi connectivity index (χ1v) is 11.9. The van der Waals surface area contributed by atoms with Crippen LogP contribution in [0.2, 0.25) is 5.02 Å². The number of carbonyl (C=O) groups is 2. The van der Waals surface area contributed by atoms with Crippen molar-refractivity contribution in [1.29, 1.82) is 0 Å². The molecule has 0 spiro atoms. The summed E-state index contributed by atoms with van der Waals surface area (Å²) in [6.07, 6.45) is 0. The molecule has 0 aliphatic carbocycles. The molecule has 1 atom stereocenters. The van der Waals surface area contributed by atoms with Gasteiger partial charge in [-0.15, -0.1) is 0 Å². The number of hydrogen-bond donors (Lipinski definition) is 2. The van der Waals surface area contributed by atoms with Crippen molar-refractivity contribution in [3.05, 3.63) is 70.4 Å². The van der Waals surface area contributed by atoms with E-state index in [2.05, 4.69) is 10.6 Å². The molecule has 0 fully saturated rings. The van der Waals surface area contributed by atoms with Gasteiger partial charge in [-0.05, 0) is 51.1 Å². The fourth-order valence-electron chi connectivity index (χ4n) is 3.28. The Hall–Kier alpha value is -2.97. The summed E-state index contributed by atoms with van der Waals surface area (Å²) in [5.41, 5.74) is 2.46. The van der Waals surface area contributed by atoms with Crippen LogP contribution < -0.4 is 15.4 Å². The monoisotopic (exact) mass is 487 g/mol. The van der Waals surface area contributed by atoms with Gasteiger partial charge in [-0.3, -0.25) is 4.79 Å². The molecular weight excluding hydrogens is 462 g/mol. The van der Waals surface area contributed by atoms with Crippen molar-refractivity contribution in [2.75, 3.05) is 24.3 Å². The second-order valence-corrected chi connectivity index (χ2v) is 8.44. The van der Waals surface area contributed by atoms with Crippen LogP contribution in [0.4, 0.5) is 5.69 Å². The number of nitrogens with one attached hydrogen (secondary N) is 2. The number of esters is 1. The second-order valence-electron chi connectivity index (χ2n) is 7.04. The number of halogens is 1. The van der Waals surface area contributed by atoms with Crippen LogP contribution in [0, 0.1) is 0 Å². The van der Waals surface area contributed by atoms with Gasteiger partial charge in [0, 0.05) is 22.0 Å². The summed E-state index contributed by atoms with van der Waals surface area (Å²) >= 11 is 7.14. The number of aliphatic imine (C=N–C) groups is 1. The molecule has 0 radical (unpaired) electrons. The molecule has 0 unspecified atom stereocenters. The third-order valence-corrected chi connectivity index (χ3v) is 5.83. The Morgan fingerprint density at radius 3 is 2.55 bits per heavy atom. The molecule has 0 aromatic heterocycles. The smallest absolute Gasteiger partial charge is 0.338 e. The standard InChI is InChI=1S/C24H26ClN3O4S/c1-4-31-19-9-7-6-8-18(19)22-21(23(30)32-5-2)15(3)26-24(28-22)33-14-20(29)27-17-12-10-16(25)11-13-17/h6-13,22H,4-5,14H2,1-3H3,(H,26,28)(H,27,29)/t22-/m1/s1. The molecule has 1 heterocycles. The quantitative estimate of drug-likeness (QED) is 0.512. The van der Waals surface area contributed by atoms with E-state index in [0.717, 1.165) is 5.56 Å². The molecule has 1 aliphatic heterocycles. The maximum absolute atomic E-state index is 12.8. The Balaban J connectivity index is 1.81. The van der Waals surface area contributed by atoms with E-state index in [-0.39, 0.29) is 18.3 Å². The Labute approximate surface area is 202 Å². The van der Waals surface area contributed by atoms with Crippen LogP contribution in [-0.2, 0) is 14.3 Å². The van der Waals surface area contributed by atoms with E-state index in [1.807, 2.05) is 31.2 Å². The fourth-order valence-corrected chi connectivity index (χ4v) is 4.15. The molecule has 9 heteroatoms. The minimum absolute atomic E-state index is 0.135. The Morgan fingerprint density at radius 1 is 1.12 bits per heavy atom. The number of thioether (sulfide) groups is 1. The van der Waals surface area contributed by atoms with Crippen molar-refractivity contribution in [2.45, 2.75) is 26.8 Å². The van der Waals surface area contributed by atoms with Crippen LogP contribution in [0.5, 0.6) is 5.75 Å². The van der Waals surface area contributed by atoms with Gasteiger partial charge in [0.05, 0.1) is 24.5 Å². The molecule has 3 rings (SSSR count). The highest BCUT2D eigenvalue weighted by Crippen LogP contribution is 2.37. The van der Waals surface area contributed by atoms with Gasteiger partial charge in [0.1, 0.15) is 11.8 Å². The number of anilines is 1. The summed E-state index contributed by atoms with van der Waals surface area (Å²) in [4.78, 5) is 29.9. The number of hydrogen-bond acceptors (Lipinski definition) is 7. The molecule has 2 aromatic rings. The highest BCUT2D eigenvalue weighted by molar-refractivity contribution is 8.14. The van der Waals surface area contributed by atoms with E-state index in [4.69, 9.17) is 26.1 Å². The average molecular weight is 488 g/mol. The highest BCUT2D eigenvalue weighted by Gasteiger charge is 2.32. The van der Waals surface area contributed by atoms with Crippen molar-refractivity contribution in [1.82, 2.24) is 5.32 Å². The van der Waals surface area contributed by atoms with Crippen LogP contribution in [-0.4, -0.2) is 36.0 Å². The molecule has 174 valence electrons. The summed E-state index contributed by atoms with van der Waals surface area (Å²) in [5.74, 6) is 0.161. The summed E-state index contributed by atoms with van der Waals surface area (Å²) in [6, 6.07) is 13.8. The van der Waals surface area contributed by atoms with Crippen molar-refractivity contribution in [3.63, 3.8) is 0 Å². The normalized spacial score (nSPS) is 15.4. The van der Waals surface area contributed by atoms with Gasteiger partial charge in [0.25, 0.3) is 0 Å². The zero-order valence-corrected chi connectivity index (χ0v) is 20.3. The van der Waals surface area contributed by atoms with Gasteiger partial charge in [-0.1, -0.05) is 41.6 Å². The van der Waals surface area contributed by atoms with Crippen LogP contribution in [0.3, 0.4) is 0 Å². The highest BCUT2D eigenvalue weighted by atomic mass is 35.5. The Kier molecular flexibility index (Phi) is 8.79. The molecular formula is C24H26ClN3O4S. The lowest BCUT2D eigenvalue weighted by Gasteiger charge is -2.26. The van der Waals surface area contributed by atoms with Crippen molar-refractivity contribution < 1.29 is 19.1 Å². The van der Waals surface area contributed by atoms with Crippen LogP contribution in [0.25, 0.3) is 0 Å². The maximum Gasteiger partial charge on any atom is 0.338 e. The number of ether oxygens (including phenoxy) is 2. The van der Waals surface area contributed by atoms with Crippen LogP contribution >= 0.6 is 23.4 Å². The number of allylic oxidation sites excluding steroid dienone is 1. The maximum atomic E-state index is 12.8. The predicted octanol–water partition coefficient (Wildman–Crippen LogP) is 4.95. The zero-order chi connectivity index (χ0) is 23.8. The van der Waals surface area contributed by atoms with Gasteiger partial charge in [-0.25, -0.2) is 9.79 Å². The Morgan fingerprint density at radius 2 is 1.85 bits per heavy atom. The third-order valence-electron chi connectivity index (χ3n) is 4.69. The lowest BCUT2D eigenvalue weighted by atomic mass is 9.96. The van der Waals surface area contributed by atoms with Gasteiger partial charge < -0.3 is 20.1 Å². The first-order valence-electron chi connectivity index (χ1n) is 10.6. The molecule has 33 heavy (non-hydrogen) atoms. The molecule has 0 bridgehead atoms. The van der Waals surface area contributed by atoms with Crippen LogP contribution in [0.15, 0.2) is 64.8 Å². The third kappa shape index (κ3) is 6.52. The molecule has 2 aromatic carbocycles. The minimum atomic E-state index is -0.616. The van der Waals surface area contributed by atoms with E-state index in [1.165, 1.54) is 11.8 Å². The number of carbonyl (C=O) groups excluding carboxylic acids is 2. The van der Waals surface area contributed by atoms with Gasteiger partial charge in [0.2, 0.25) is 5.91 Å². The largest absolute Gasteiger partial charge is 0.494 e. The number of nitrogens with zero attached hydrogens (tertiary/aromatic N) is 1. The summed E-state index contributed by atoms with van der Waals surface area (Å²) in [6.45, 7) is 6.19. The van der Waals surface area contributed by atoms with Gasteiger partial charge >= 0.3 is 5.97 Å². The number of amides is 1. The van der Waals surface area contributed by atoms with E-state index in [9.17, 15) is 9.59 Å². The van der Waals surface area contributed by atoms with E-state index in [1.54, 1.807) is 38.1 Å². The molecule has 2 N–H and O–H groups in total. The number of rotatable bonds is 8. The SMILES string of the molecule is CCOC(=O)C1=C(C)NC(SCC(=O)Nc2ccc(Cl)cc2)=N[C@@H]1c1ccccc1OCC. The van der Waals surface area contributed by atoms with Crippen molar-refractivity contribution in [3.8, 4) is 5.75 Å². The average Bonchev–Trinajstić information content (AvgIpc) is 2.79. The molecule has 0 saturated heterocycles. The second kappa shape index (κ2) is 11.8. The van der Waals surface area contributed by atoms with Crippen LogP contribution in [0.1, 0.15) is 32.4 Å². The molecule has 7 nitrogen and oxygen atoms in total. The first kappa shape index (κ1) is 24.7. The topological polar surface area (TPSA) is 89.0 Å². The van der Waals surface area contributed by atoms with E-state index < -0.39 is 12.0 Å². The zero-order valence-electron chi connectivity index (χ0n) is 18.7. The van der Waals surface area contributed by atoms with E-state index in [0.29, 0.717) is 39.5 Å². The molecule has 1 amide bonds. The molecule has 1 aliphatic rings. The Bertz CT molecular complexity index is 1070. The van der Waals surface area contributed by atoms with Gasteiger partial charge in [-0.2, -0.15) is 0 Å². The van der Waals surface area contributed by atoms with Crippen molar-refractivity contribution >= 4 is 46.1 Å². The van der Waals surface area contributed by atoms with E-state index >= 15 is 0 Å². The summed E-state index contributed by atoms with van der Waals surface area (Å²) in [5, 5.41) is 7.09. The predicted molar refractivity (Wildman–Crippen MR) is 133 cm³/mol. The number of para-hydroxylation sites is 1.